The van der Waals surface area contributed by atoms with Gasteiger partial charge in [0.25, 0.3) is 0 Å². The number of hydrogen-bond donors (Lipinski definition) is 0. The molecule has 0 aliphatic rings. The maximum atomic E-state index is 9.99. The molecule has 1 aromatic rings. The number of hydrogen-bond acceptors (Lipinski definition) is 1. The maximum absolute atomic E-state index is 9.99. The van der Waals surface area contributed by atoms with Crippen LogP contribution in [-0.2, 0) is 24.3 Å². The van der Waals surface area contributed by atoms with Gasteiger partial charge in [0.2, 0.25) is 0 Å². The van der Waals surface area contributed by atoms with Crippen molar-refractivity contribution in [1.29, 1.82) is 0 Å². The largest absolute Gasteiger partial charge is 0.298 e. The third-order valence-electron chi connectivity index (χ3n) is 0.999. The van der Waals surface area contributed by atoms with Gasteiger partial charge in [-0.25, -0.2) is 0 Å². The summed E-state index contributed by atoms with van der Waals surface area (Å²) in [6.45, 7) is 0. The normalized spacial score (nSPS) is 9.20. The van der Waals surface area contributed by atoms with Crippen molar-refractivity contribution in [1.82, 2.24) is 0 Å². The van der Waals surface area contributed by atoms with Crippen molar-refractivity contribution < 1.29 is 24.3 Å². The molecule has 55 valence electrons. The molecular weight excluding hydrogens is 234 g/mol. The van der Waals surface area contributed by atoms with Gasteiger partial charge < -0.3 is 0 Å². The summed E-state index contributed by atoms with van der Waals surface area (Å²) in [4.78, 5) is 9.99. The fourth-order valence-electron chi connectivity index (χ4n) is 0.602. The Labute approximate surface area is 74.8 Å². The molecule has 0 amide bonds. The Bertz CT molecular complexity index is 188. The van der Waals surface area contributed by atoms with Gasteiger partial charge in [0.1, 0.15) is 6.03 Å². The van der Waals surface area contributed by atoms with Crippen LogP contribution in [0, 0.1) is 0 Å². The molecule has 10 heavy (non-hydrogen) atoms. The minimum atomic E-state index is 0. The molecule has 0 spiro atoms. The monoisotopic (exact) mass is 241 g/mol. The zero-order chi connectivity index (χ0) is 6.53. The van der Waals surface area contributed by atoms with Crippen LogP contribution in [0.15, 0.2) is 30.3 Å². The summed E-state index contributed by atoms with van der Waals surface area (Å²) in [6.07, 6.45) is 0. The van der Waals surface area contributed by atoms with Gasteiger partial charge >= 0.3 is 0 Å². The Morgan fingerprint density at radius 3 is 2.30 bits per heavy atom. The van der Waals surface area contributed by atoms with E-state index in [1.165, 1.54) is 0 Å². The SMILES string of the molecule is O=CPc1ccccc1.[Rh]. The Kier molecular flexibility index (Phi) is 5.68. The van der Waals surface area contributed by atoms with Crippen molar-refractivity contribution in [3.63, 3.8) is 0 Å². The van der Waals surface area contributed by atoms with Crippen molar-refractivity contribution in [3.8, 4) is 0 Å². The van der Waals surface area contributed by atoms with Crippen LogP contribution >= 0.6 is 8.58 Å². The zero-order valence-corrected chi connectivity index (χ0v) is 7.84. The van der Waals surface area contributed by atoms with Crippen molar-refractivity contribution in [2.24, 2.45) is 0 Å². The van der Waals surface area contributed by atoms with Crippen LogP contribution in [0.5, 0.6) is 0 Å². The Morgan fingerprint density at radius 2 is 1.80 bits per heavy atom. The molecule has 0 saturated heterocycles. The minimum Gasteiger partial charge on any atom is -0.298 e. The molecule has 1 atom stereocenters. The second kappa shape index (κ2) is 5.71. The van der Waals surface area contributed by atoms with Gasteiger partial charge in [-0.2, -0.15) is 0 Å². The molecule has 1 unspecified atom stereocenters. The molecule has 0 fully saturated rings. The van der Waals surface area contributed by atoms with E-state index in [4.69, 9.17) is 0 Å². The topological polar surface area (TPSA) is 17.1 Å². The summed E-state index contributed by atoms with van der Waals surface area (Å²) in [5.74, 6) is 0. The molecule has 0 aromatic heterocycles. The summed E-state index contributed by atoms with van der Waals surface area (Å²) in [5.41, 5.74) is 0. The molecule has 1 rings (SSSR count). The Balaban J connectivity index is 0.000000810. The van der Waals surface area contributed by atoms with Crippen LogP contribution in [0.1, 0.15) is 0 Å². The van der Waals surface area contributed by atoms with Crippen molar-refractivity contribution in [3.05, 3.63) is 30.3 Å². The second-order valence-corrected chi connectivity index (χ2v) is 2.73. The van der Waals surface area contributed by atoms with Crippen LogP contribution in [0.3, 0.4) is 0 Å². The molecule has 0 saturated carbocycles. The van der Waals surface area contributed by atoms with Crippen LogP contribution in [0.25, 0.3) is 0 Å². The first-order valence-electron chi connectivity index (χ1n) is 2.69. The van der Waals surface area contributed by atoms with E-state index in [9.17, 15) is 4.79 Å². The molecule has 1 aromatic carbocycles. The van der Waals surface area contributed by atoms with E-state index in [1.807, 2.05) is 30.3 Å². The van der Waals surface area contributed by atoms with E-state index in [0.29, 0.717) is 8.58 Å². The van der Waals surface area contributed by atoms with Crippen LogP contribution in [0.4, 0.5) is 0 Å². The third-order valence-corrected chi connectivity index (χ3v) is 1.78. The second-order valence-electron chi connectivity index (χ2n) is 1.63. The molecule has 0 N–H and O–H groups in total. The molecule has 1 radical (unpaired) electrons. The smallest absolute Gasteiger partial charge is 0.143 e. The maximum Gasteiger partial charge on any atom is 0.143 e. The summed E-state index contributed by atoms with van der Waals surface area (Å²) >= 11 is 0. The number of rotatable bonds is 2. The summed E-state index contributed by atoms with van der Waals surface area (Å²) in [5, 5.41) is 1.10. The standard InChI is InChI=1S/C7H7OP.Rh/c8-6-9-7-4-2-1-3-5-7;/h1-6,9H;. The summed E-state index contributed by atoms with van der Waals surface area (Å²) in [7, 11) is 0.307. The Hall–Kier alpha value is -0.0566. The average molecular weight is 241 g/mol. The fourth-order valence-corrected chi connectivity index (χ4v) is 1.12. The first-order chi connectivity index (χ1) is 4.43. The predicted octanol–water partition coefficient (Wildman–Crippen LogP) is 1.18. The number of benzene rings is 1. The van der Waals surface area contributed by atoms with E-state index >= 15 is 0 Å². The minimum absolute atomic E-state index is 0. The van der Waals surface area contributed by atoms with Crippen molar-refractivity contribution in [2.45, 2.75) is 0 Å². The van der Waals surface area contributed by atoms with E-state index < -0.39 is 0 Å². The molecule has 0 heterocycles. The van der Waals surface area contributed by atoms with Crippen LogP contribution in [0.2, 0.25) is 0 Å². The summed E-state index contributed by atoms with van der Waals surface area (Å²) in [6, 6.07) is 10.7. The third kappa shape index (κ3) is 3.20. The quantitative estimate of drug-likeness (QED) is 0.431. The van der Waals surface area contributed by atoms with Gasteiger partial charge in [-0.05, 0) is 13.9 Å². The van der Waals surface area contributed by atoms with E-state index in [2.05, 4.69) is 0 Å². The van der Waals surface area contributed by atoms with E-state index in [1.54, 1.807) is 0 Å². The van der Waals surface area contributed by atoms with Crippen molar-refractivity contribution in [2.75, 3.05) is 0 Å². The first-order valence-corrected chi connectivity index (χ1v) is 3.76. The van der Waals surface area contributed by atoms with Gasteiger partial charge in [-0.15, -0.1) is 0 Å². The van der Waals surface area contributed by atoms with Gasteiger partial charge in [-0.1, -0.05) is 30.3 Å². The number of carbonyl (C=O) groups excluding carboxylic acids is 1. The van der Waals surface area contributed by atoms with Crippen molar-refractivity contribution >= 4 is 19.9 Å². The van der Waals surface area contributed by atoms with Crippen LogP contribution in [-0.4, -0.2) is 6.03 Å². The van der Waals surface area contributed by atoms with Gasteiger partial charge in [0.05, 0.1) is 0 Å². The van der Waals surface area contributed by atoms with Gasteiger partial charge in [-0.3, -0.25) is 4.79 Å². The molecule has 3 heteroatoms. The fraction of sp³-hybridized carbons (Fsp3) is 0. The Morgan fingerprint density at radius 1 is 1.20 bits per heavy atom. The van der Waals surface area contributed by atoms with Gasteiger partial charge in [0.15, 0.2) is 0 Å². The summed E-state index contributed by atoms with van der Waals surface area (Å²) < 4.78 is 0. The zero-order valence-electron chi connectivity index (χ0n) is 5.21. The van der Waals surface area contributed by atoms with Crippen LogP contribution < -0.4 is 5.30 Å². The molecule has 0 aliphatic heterocycles. The first kappa shape index (κ1) is 9.94. The van der Waals surface area contributed by atoms with Gasteiger partial charge in [0, 0.05) is 19.5 Å². The molecule has 1 nitrogen and oxygen atoms in total. The average Bonchev–Trinajstić information content (AvgIpc) is 1.91. The molecule has 0 aliphatic carbocycles. The predicted molar refractivity (Wildman–Crippen MR) is 41.1 cm³/mol. The molecular formula is C7H7OPRh. The van der Waals surface area contributed by atoms with E-state index in [0.717, 1.165) is 11.3 Å². The van der Waals surface area contributed by atoms with E-state index in [-0.39, 0.29) is 19.5 Å². The number of carbonyl (C=O) groups is 1. The molecule has 0 bridgehead atoms.